The standard InChI is InChI=1S/C27H27F4N3O3S/c1-5-20-15-19(16-24(28)26(20)33-38(4,36)37)18-32-25(35)13-11-21-10-12-23(27(29,30)31)17-22(21)9-8-14-34(6-2)7-3/h1,10-13,15-17,33H,6-7,14,18H2,2-4H3,(H,32,35). The molecule has 6 nitrogen and oxygen atoms in total. The fraction of sp³-hybridized carbons (Fsp3) is 0.296. The van der Waals surface area contributed by atoms with Crippen molar-refractivity contribution in [3.63, 3.8) is 0 Å². The highest BCUT2D eigenvalue weighted by Crippen LogP contribution is 2.30. The number of hydrogen-bond acceptors (Lipinski definition) is 4. The van der Waals surface area contributed by atoms with Crippen molar-refractivity contribution in [2.45, 2.75) is 26.6 Å². The SMILES string of the molecule is C#Cc1cc(CNC(=O)C=Cc2ccc(C(F)(F)F)cc2C#CCN(CC)CC)cc(F)c1NS(C)(=O)=O. The van der Waals surface area contributed by atoms with Crippen molar-refractivity contribution in [1.82, 2.24) is 10.2 Å². The van der Waals surface area contributed by atoms with Crippen LogP contribution in [0.25, 0.3) is 6.08 Å². The summed E-state index contributed by atoms with van der Waals surface area (Å²) in [6.07, 6.45) is 4.12. The topological polar surface area (TPSA) is 78.5 Å². The number of hydrogen-bond donors (Lipinski definition) is 2. The number of anilines is 1. The summed E-state index contributed by atoms with van der Waals surface area (Å²) in [4.78, 5) is 14.4. The van der Waals surface area contributed by atoms with Crippen molar-refractivity contribution in [2.24, 2.45) is 0 Å². The molecule has 0 saturated heterocycles. The molecule has 0 aliphatic rings. The maximum Gasteiger partial charge on any atom is 0.416 e. The molecule has 38 heavy (non-hydrogen) atoms. The summed E-state index contributed by atoms with van der Waals surface area (Å²) >= 11 is 0. The normalized spacial score (nSPS) is 11.7. The Bertz CT molecular complexity index is 1410. The van der Waals surface area contributed by atoms with Gasteiger partial charge in [-0.3, -0.25) is 14.4 Å². The van der Waals surface area contributed by atoms with Crippen molar-refractivity contribution in [2.75, 3.05) is 30.6 Å². The summed E-state index contributed by atoms with van der Waals surface area (Å²) in [5.74, 6) is 6.31. The van der Waals surface area contributed by atoms with Crippen molar-refractivity contribution >= 4 is 27.7 Å². The lowest BCUT2D eigenvalue weighted by Gasteiger charge is -2.13. The molecule has 0 aliphatic carbocycles. The molecule has 0 aromatic heterocycles. The third-order valence-corrected chi connectivity index (χ3v) is 5.85. The molecule has 2 N–H and O–H groups in total. The van der Waals surface area contributed by atoms with Crippen LogP contribution in [0.4, 0.5) is 23.2 Å². The van der Waals surface area contributed by atoms with Gasteiger partial charge in [-0.2, -0.15) is 13.2 Å². The highest BCUT2D eigenvalue weighted by atomic mass is 32.2. The molecule has 2 rings (SSSR count). The zero-order chi connectivity index (χ0) is 28.5. The number of carbonyl (C=O) groups excluding carboxylic acids is 1. The highest BCUT2D eigenvalue weighted by molar-refractivity contribution is 7.92. The Morgan fingerprint density at radius 3 is 2.39 bits per heavy atom. The first-order valence-corrected chi connectivity index (χ1v) is 13.3. The number of rotatable bonds is 9. The molecule has 0 unspecified atom stereocenters. The van der Waals surface area contributed by atoms with Crippen molar-refractivity contribution in [3.8, 4) is 24.2 Å². The number of sulfonamides is 1. The van der Waals surface area contributed by atoms with Crippen LogP contribution in [0.2, 0.25) is 0 Å². The van der Waals surface area contributed by atoms with Crippen LogP contribution in [-0.2, 0) is 27.5 Å². The zero-order valence-corrected chi connectivity index (χ0v) is 21.9. The Hall–Kier alpha value is -3.80. The van der Waals surface area contributed by atoms with Gasteiger partial charge in [0.2, 0.25) is 15.9 Å². The molecule has 0 fully saturated rings. The number of terminal acetylenes is 1. The molecule has 0 heterocycles. The minimum Gasteiger partial charge on any atom is -0.348 e. The number of amides is 1. The summed E-state index contributed by atoms with van der Waals surface area (Å²) in [5.41, 5.74) is -0.572. The quantitative estimate of drug-likeness (QED) is 0.279. The first-order valence-electron chi connectivity index (χ1n) is 11.4. The van der Waals surface area contributed by atoms with Gasteiger partial charge >= 0.3 is 6.18 Å². The summed E-state index contributed by atoms with van der Waals surface area (Å²) in [6.45, 7) is 5.61. The second kappa shape index (κ2) is 13.1. The van der Waals surface area contributed by atoms with Gasteiger partial charge in [0.15, 0.2) is 0 Å². The largest absolute Gasteiger partial charge is 0.416 e. The summed E-state index contributed by atoms with van der Waals surface area (Å²) in [5, 5.41) is 2.52. The minimum atomic E-state index is -4.55. The molecule has 1 amide bonds. The van der Waals surface area contributed by atoms with Gasteiger partial charge in [0.05, 0.1) is 29.6 Å². The number of carbonyl (C=O) groups is 1. The molecule has 0 atom stereocenters. The third kappa shape index (κ3) is 9.25. The minimum absolute atomic E-state index is 0.0482. The summed E-state index contributed by atoms with van der Waals surface area (Å²) in [6, 6.07) is 5.44. The van der Waals surface area contributed by atoms with Crippen LogP contribution in [0.5, 0.6) is 0 Å². The lowest BCUT2D eigenvalue weighted by molar-refractivity contribution is -0.137. The van der Waals surface area contributed by atoms with Crippen LogP contribution in [0.15, 0.2) is 36.4 Å². The molecule has 0 aliphatic heterocycles. The van der Waals surface area contributed by atoms with E-state index in [-0.39, 0.29) is 28.9 Å². The van der Waals surface area contributed by atoms with E-state index in [1.165, 1.54) is 18.2 Å². The lowest BCUT2D eigenvalue weighted by Crippen LogP contribution is -2.22. The average Bonchev–Trinajstić information content (AvgIpc) is 2.84. The molecule has 0 radical (unpaired) electrons. The van der Waals surface area contributed by atoms with E-state index in [0.717, 1.165) is 43.6 Å². The van der Waals surface area contributed by atoms with Gasteiger partial charge in [-0.05, 0) is 54.6 Å². The third-order valence-electron chi connectivity index (χ3n) is 5.27. The number of nitrogens with zero attached hydrogens (tertiary/aromatic N) is 1. The fourth-order valence-electron chi connectivity index (χ4n) is 3.26. The molecule has 0 spiro atoms. The van der Waals surface area contributed by atoms with E-state index >= 15 is 0 Å². The van der Waals surface area contributed by atoms with E-state index in [4.69, 9.17) is 6.42 Å². The predicted molar refractivity (Wildman–Crippen MR) is 140 cm³/mol. The van der Waals surface area contributed by atoms with E-state index in [1.807, 2.05) is 23.5 Å². The average molecular weight is 550 g/mol. The Balaban J connectivity index is 2.22. The molecular formula is C27H27F4N3O3S. The Morgan fingerprint density at radius 1 is 1.13 bits per heavy atom. The highest BCUT2D eigenvalue weighted by Gasteiger charge is 2.30. The van der Waals surface area contributed by atoms with E-state index in [9.17, 15) is 30.8 Å². The fourth-order valence-corrected chi connectivity index (χ4v) is 3.84. The lowest BCUT2D eigenvalue weighted by atomic mass is 10.0. The molecule has 0 saturated carbocycles. The van der Waals surface area contributed by atoms with E-state index in [1.54, 1.807) is 0 Å². The van der Waals surface area contributed by atoms with Gasteiger partial charge in [0, 0.05) is 18.2 Å². The maximum atomic E-state index is 14.4. The van der Waals surface area contributed by atoms with E-state index in [2.05, 4.69) is 23.1 Å². The number of halogens is 4. The number of alkyl halides is 3. The Kier molecular flexibility index (Phi) is 10.5. The van der Waals surface area contributed by atoms with Gasteiger partial charge in [0.1, 0.15) is 5.82 Å². The Labute approximate surface area is 220 Å². The van der Waals surface area contributed by atoms with Crippen LogP contribution >= 0.6 is 0 Å². The summed E-state index contributed by atoms with van der Waals surface area (Å²) in [7, 11) is -3.77. The van der Waals surface area contributed by atoms with Gasteiger partial charge in [0.25, 0.3) is 0 Å². The number of benzene rings is 2. The second-order valence-corrected chi connectivity index (χ2v) is 9.88. The van der Waals surface area contributed by atoms with E-state index in [0.29, 0.717) is 12.1 Å². The zero-order valence-electron chi connectivity index (χ0n) is 21.0. The monoisotopic (exact) mass is 549 g/mol. The smallest absolute Gasteiger partial charge is 0.348 e. The van der Waals surface area contributed by atoms with E-state index < -0.39 is 33.5 Å². The molecular weight excluding hydrogens is 522 g/mol. The molecule has 202 valence electrons. The first-order chi connectivity index (χ1) is 17.8. The molecule has 11 heteroatoms. The predicted octanol–water partition coefficient (Wildman–Crippen LogP) is 4.22. The molecule has 2 aromatic carbocycles. The van der Waals surface area contributed by atoms with Gasteiger partial charge in [-0.15, -0.1) is 6.42 Å². The van der Waals surface area contributed by atoms with Crippen LogP contribution in [0.3, 0.4) is 0 Å². The maximum absolute atomic E-state index is 14.4. The van der Waals surface area contributed by atoms with Gasteiger partial charge in [-0.1, -0.05) is 37.7 Å². The van der Waals surface area contributed by atoms with Crippen molar-refractivity contribution < 1.29 is 30.8 Å². The van der Waals surface area contributed by atoms with Crippen molar-refractivity contribution in [1.29, 1.82) is 0 Å². The first kappa shape index (κ1) is 30.4. The number of nitrogens with one attached hydrogen (secondary N) is 2. The van der Waals surface area contributed by atoms with Gasteiger partial charge in [-0.25, -0.2) is 12.8 Å². The van der Waals surface area contributed by atoms with Gasteiger partial charge < -0.3 is 5.32 Å². The van der Waals surface area contributed by atoms with Crippen LogP contribution < -0.4 is 10.0 Å². The molecule has 2 aromatic rings. The Morgan fingerprint density at radius 2 is 1.82 bits per heavy atom. The van der Waals surface area contributed by atoms with Crippen LogP contribution in [0, 0.1) is 30.0 Å². The summed E-state index contributed by atoms with van der Waals surface area (Å²) < 4.78 is 79.0. The van der Waals surface area contributed by atoms with Crippen molar-refractivity contribution in [3.05, 3.63) is 70.0 Å². The van der Waals surface area contributed by atoms with Crippen LogP contribution in [0.1, 0.15) is 41.7 Å². The molecule has 0 bridgehead atoms. The van der Waals surface area contributed by atoms with Crippen LogP contribution in [-0.4, -0.2) is 45.1 Å². The second-order valence-electron chi connectivity index (χ2n) is 8.13.